The molecular formula is C42H41Cl3N2O8. The number of aryl methyl sites for hydroxylation is 2. The normalized spacial score (nSPS) is 16.3. The molecule has 2 heterocycles. The van der Waals surface area contributed by atoms with Gasteiger partial charge in [0.15, 0.2) is 0 Å². The monoisotopic (exact) mass is 806 g/mol. The van der Waals surface area contributed by atoms with Gasteiger partial charge in [0.2, 0.25) is 28.3 Å². The largest absolute Gasteiger partial charge is 0.445 e. The standard InChI is InChI=1S/C21H20ClNO4.C14H14ClN.C7H7ClO4/c1-14-4-6-15(7-5-14)13-23(17-10-8-16(22)9-11-17)19(24)12-18-20(25)27-21(2,3)26-18;1-11-2-4-12(5-3-11)10-16-14-8-6-13(15)7-9-14;1-7(2)11-4(3-5(8)9)6(10)12-7/h4-12H,13H2,1-3H3;2-9,16H,10H2,1H3;3H,1-2H3/b18-12-;;4-3-. The molecule has 4 aromatic carbocycles. The summed E-state index contributed by atoms with van der Waals surface area (Å²) in [5.41, 5.74) is 6.40. The molecule has 0 atom stereocenters. The fraction of sp³-hybridized carbons (Fsp3) is 0.238. The minimum atomic E-state index is -1.08. The van der Waals surface area contributed by atoms with Crippen LogP contribution in [0.2, 0.25) is 10.0 Å². The van der Waals surface area contributed by atoms with Crippen LogP contribution in [0.1, 0.15) is 49.9 Å². The van der Waals surface area contributed by atoms with E-state index in [1.165, 1.54) is 17.2 Å². The van der Waals surface area contributed by atoms with Gasteiger partial charge in [0.25, 0.3) is 5.91 Å². The molecule has 0 radical (unpaired) electrons. The lowest BCUT2D eigenvalue weighted by molar-refractivity contribution is -0.160. The van der Waals surface area contributed by atoms with Gasteiger partial charge in [-0.15, -0.1) is 0 Å². The third-order valence-corrected chi connectivity index (χ3v) is 8.23. The van der Waals surface area contributed by atoms with Crippen LogP contribution in [0.3, 0.4) is 0 Å². The highest BCUT2D eigenvalue weighted by molar-refractivity contribution is 6.66. The van der Waals surface area contributed by atoms with Crippen molar-refractivity contribution in [3.8, 4) is 0 Å². The molecule has 55 heavy (non-hydrogen) atoms. The minimum Gasteiger partial charge on any atom is -0.445 e. The molecule has 1 amide bonds. The van der Waals surface area contributed by atoms with Crippen molar-refractivity contribution >= 4 is 69.3 Å². The molecule has 4 aromatic rings. The van der Waals surface area contributed by atoms with Crippen LogP contribution in [0.4, 0.5) is 11.4 Å². The van der Waals surface area contributed by atoms with E-state index in [2.05, 4.69) is 36.5 Å². The van der Waals surface area contributed by atoms with E-state index in [1.54, 1.807) is 56.9 Å². The van der Waals surface area contributed by atoms with Crippen molar-refractivity contribution in [2.75, 3.05) is 10.2 Å². The number of carbonyl (C=O) groups is 4. The first kappa shape index (κ1) is 42.5. The van der Waals surface area contributed by atoms with E-state index in [0.717, 1.165) is 34.5 Å². The number of carbonyl (C=O) groups excluding carboxylic acids is 4. The van der Waals surface area contributed by atoms with Crippen LogP contribution in [0, 0.1) is 13.8 Å². The number of rotatable bonds is 8. The van der Waals surface area contributed by atoms with Gasteiger partial charge in [-0.3, -0.25) is 9.59 Å². The lowest BCUT2D eigenvalue weighted by Crippen LogP contribution is -2.29. The summed E-state index contributed by atoms with van der Waals surface area (Å²) in [5, 5.41) is 3.92. The van der Waals surface area contributed by atoms with Gasteiger partial charge >= 0.3 is 11.9 Å². The second kappa shape index (κ2) is 18.8. The molecule has 1 N–H and O–H groups in total. The van der Waals surface area contributed by atoms with Crippen molar-refractivity contribution in [1.82, 2.24) is 0 Å². The van der Waals surface area contributed by atoms with E-state index in [-0.39, 0.29) is 17.4 Å². The Kier molecular flexibility index (Phi) is 14.5. The maximum atomic E-state index is 12.9. The van der Waals surface area contributed by atoms with Gasteiger partial charge < -0.3 is 29.2 Å². The molecule has 2 saturated heterocycles. The van der Waals surface area contributed by atoms with Crippen molar-refractivity contribution in [2.45, 2.75) is 66.2 Å². The maximum Gasteiger partial charge on any atom is 0.377 e. The van der Waals surface area contributed by atoms with E-state index in [1.807, 2.05) is 55.5 Å². The second-order valence-electron chi connectivity index (χ2n) is 13.3. The van der Waals surface area contributed by atoms with E-state index in [9.17, 15) is 19.2 Å². The number of nitrogens with one attached hydrogen (secondary N) is 1. The summed E-state index contributed by atoms with van der Waals surface area (Å²) in [6, 6.07) is 31.1. The van der Waals surface area contributed by atoms with Crippen LogP contribution >= 0.6 is 34.8 Å². The Labute approximate surface area is 335 Å². The van der Waals surface area contributed by atoms with Gasteiger partial charge in [0, 0.05) is 61.7 Å². The molecule has 10 nitrogen and oxygen atoms in total. The summed E-state index contributed by atoms with van der Waals surface area (Å²) >= 11 is 16.8. The summed E-state index contributed by atoms with van der Waals surface area (Å²) in [6.45, 7) is 11.6. The molecule has 288 valence electrons. The Bertz CT molecular complexity index is 2000. The van der Waals surface area contributed by atoms with Crippen LogP contribution in [0.5, 0.6) is 0 Å². The zero-order chi connectivity index (χ0) is 40.3. The molecule has 0 aliphatic carbocycles. The number of amides is 1. The van der Waals surface area contributed by atoms with E-state index < -0.39 is 28.8 Å². The second-order valence-corrected chi connectivity index (χ2v) is 14.6. The Balaban J connectivity index is 0.000000203. The van der Waals surface area contributed by atoms with Gasteiger partial charge in [-0.1, -0.05) is 82.9 Å². The quantitative estimate of drug-likeness (QED) is 0.105. The first-order chi connectivity index (χ1) is 25.9. The number of anilines is 2. The first-order valence-corrected chi connectivity index (χ1v) is 18.2. The van der Waals surface area contributed by atoms with Crippen LogP contribution < -0.4 is 10.2 Å². The Morgan fingerprint density at radius 3 is 1.51 bits per heavy atom. The van der Waals surface area contributed by atoms with Crippen molar-refractivity contribution in [3.63, 3.8) is 0 Å². The van der Waals surface area contributed by atoms with Crippen molar-refractivity contribution in [1.29, 1.82) is 0 Å². The first-order valence-electron chi connectivity index (χ1n) is 17.0. The molecule has 2 fully saturated rings. The third-order valence-electron chi connectivity index (χ3n) is 7.62. The van der Waals surface area contributed by atoms with E-state index >= 15 is 0 Å². The van der Waals surface area contributed by atoms with Gasteiger partial charge in [-0.25, -0.2) is 9.59 Å². The average Bonchev–Trinajstić information content (AvgIpc) is 3.54. The zero-order valence-electron chi connectivity index (χ0n) is 31.2. The number of allylic oxidation sites excluding steroid dienone is 1. The SMILES string of the molecule is CC1(C)OC(=O)/C(=C/C(=O)Cl)O1.Cc1ccc(CN(C(=O)/C=C2\OC(C)(C)OC2=O)c2ccc(Cl)cc2)cc1.Cc1ccc(CNc2ccc(Cl)cc2)cc1. The maximum absolute atomic E-state index is 12.9. The van der Waals surface area contributed by atoms with Crippen molar-refractivity contribution in [2.24, 2.45) is 0 Å². The molecule has 2 aliphatic heterocycles. The van der Waals surface area contributed by atoms with Crippen LogP contribution in [0.15, 0.2) is 121 Å². The Hall–Kier alpha value is -5.29. The van der Waals surface area contributed by atoms with Gasteiger partial charge in [-0.2, -0.15) is 0 Å². The topological polar surface area (TPSA) is 120 Å². The zero-order valence-corrected chi connectivity index (χ0v) is 33.4. The highest BCUT2D eigenvalue weighted by Crippen LogP contribution is 2.28. The summed E-state index contributed by atoms with van der Waals surface area (Å²) in [5.74, 6) is -4.05. The number of nitrogens with zero attached hydrogens (tertiary/aromatic N) is 1. The van der Waals surface area contributed by atoms with E-state index in [0.29, 0.717) is 17.3 Å². The number of benzene rings is 4. The fourth-order valence-electron chi connectivity index (χ4n) is 4.94. The number of hydrogen-bond acceptors (Lipinski definition) is 9. The summed E-state index contributed by atoms with van der Waals surface area (Å²) < 4.78 is 20.2. The number of ether oxygens (including phenoxy) is 4. The highest BCUT2D eigenvalue weighted by atomic mass is 35.5. The predicted molar refractivity (Wildman–Crippen MR) is 213 cm³/mol. The number of cyclic esters (lactones) is 2. The molecule has 0 bridgehead atoms. The molecule has 2 aliphatic rings. The molecule has 6 rings (SSSR count). The molecule has 0 spiro atoms. The third kappa shape index (κ3) is 13.8. The summed E-state index contributed by atoms with van der Waals surface area (Å²) in [4.78, 5) is 47.7. The lowest BCUT2D eigenvalue weighted by Gasteiger charge is -2.22. The van der Waals surface area contributed by atoms with Gasteiger partial charge in [0.1, 0.15) is 0 Å². The summed E-state index contributed by atoms with van der Waals surface area (Å²) in [7, 11) is 0. The fourth-order valence-corrected chi connectivity index (χ4v) is 5.29. The smallest absolute Gasteiger partial charge is 0.377 e. The van der Waals surface area contributed by atoms with Crippen molar-refractivity contribution < 1.29 is 38.1 Å². The Morgan fingerprint density at radius 2 is 1.07 bits per heavy atom. The molecular weight excluding hydrogens is 767 g/mol. The molecule has 0 aromatic heterocycles. The summed E-state index contributed by atoms with van der Waals surface area (Å²) in [6.07, 6.45) is 2.05. The minimum absolute atomic E-state index is 0.104. The van der Waals surface area contributed by atoms with E-state index in [4.69, 9.17) is 53.8 Å². The van der Waals surface area contributed by atoms with Crippen molar-refractivity contribution in [3.05, 3.63) is 153 Å². The lowest BCUT2D eigenvalue weighted by atomic mass is 10.1. The van der Waals surface area contributed by atoms with Crippen LogP contribution in [0.25, 0.3) is 0 Å². The molecule has 13 heteroatoms. The number of hydrogen-bond donors (Lipinski definition) is 1. The molecule has 0 unspecified atom stereocenters. The highest BCUT2D eigenvalue weighted by Gasteiger charge is 2.39. The van der Waals surface area contributed by atoms with Gasteiger partial charge in [-0.05, 0) is 85.1 Å². The predicted octanol–water partition coefficient (Wildman–Crippen LogP) is 9.58. The average molecular weight is 808 g/mol. The van der Waals surface area contributed by atoms with Gasteiger partial charge in [0.05, 0.1) is 12.6 Å². The number of esters is 2. The number of halogens is 3. The molecule has 0 saturated carbocycles. The van der Waals surface area contributed by atoms with Crippen LogP contribution in [-0.4, -0.2) is 34.7 Å². The van der Waals surface area contributed by atoms with Crippen LogP contribution in [-0.2, 0) is 51.2 Å². The Morgan fingerprint density at radius 1 is 0.636 bits per heavy atom.